The molecule has 0 fully saturated rings. The Hall–Kier alpha value is -2.92. The van der Waals surface area contributed by atoms with Crippen LogP contribution in [-0.2, 0) is 21.4 Å². The van der Waals surface area contributed by atoms with Crippen LogP contribution in [0.25, 0.3) is 0 Å². The van der Waals surface area contributed by atoms with Crippen LogP contribution in [0.4, 0.5) is 0 Å². The number of benzene rings is 3. The molecule has 0 saturated heterocycles. The highest BCUT2D eigenvalue weighted by Gasteiger charge is 2.27. The normalized spacial score (nSPS) is 11.6. The number of amides is 1. The molecule has 0 radical (unpaired) electrons. The van der Waals surface area contributed by atoms with Gasteiger partial charge in [0.15, 0.2) is 0 Å². The highest BCUT2D eigenvalue weighted by atomic mass is 79.9. The van der Waals surface area contributed by atoms with Gasteiger partial charge < -0.3 is 9.47 Å². The number of carbonyl (C=O) groups is 1. The fourth-order valence-electron chi connectivity index (χ4n) is 3.09. The molecule has 0 saturated carbocycles. The van der Waals surface area contributed by atoms with Crippen molar-refractivity contribution in [3.63, 3.8) is 0 Å². The van der Waals surface area contributed by atoms with Crippen LogP contribution in [0.2, 0.25) is 5.02 Å². The van der Waals surface area contributed by atoms with E-state index in [0.29, 0.717) is 27.6 Å². The molecule has 0 spiro atoms. The van der Waals surface area contributed by atoms with Crippen molar-refractivity contribution >= 4 is 49.7 Å². The Balaban J connectivity index is 1.80. The Morgan fingerprint density at radius 1 is 1.09 bits per heavy atom. The molecule has 0 unspecified atom stereocenters. The molecule has 0 atom stereocenters. The zero-order valence-electron chi connectivity index (χ0n) is 18.9. The summed E-state index contributed by atoms with van der Waals surface area (Å²) in [5, 5.41) is 4.35. The van der Waals surface area contributed by atoms with Gasteiger partial charge in [-0.15, -0.1) is 0 Å². The number of nitrogens with zero attached hydrogens (tertiary/aromatic N) is 2. The van der Waals surface area contributed by atoms with Gasteiger partial charge in [-0.3, -0.25) is 4.79 Å². The third-order valence-corrected chi connectivity index (χ3v) is 7.61. The number of halogens is 2. The summed E-state index contributed by atoms with van der Waals surface area (Å²) in [6.07, 6.45) is 1.40. The summed E-state index contributed by atoms with van der Waals surface area (Å²) in [6, 6.07) is 18.1. The van der Waals surface area contributed by atoms with Crippen LogP contribution in [0.15, 0.2) is 81.2 Å². The van der Waals surface area contributed by atoms with Gasteiger partial charge in [0.2, 0.25) is 10.0 Å². The van der Waals surface area contributed by atoms with E-state index < -0.39 is 22.5 Å². The van der Waals surface area contributed by atoms with Gasteiger partial charge in [0.25, 0.3) is 5.91 Å². The van der Waals surface area contributed by atoms with E-state index >= 15 is 0 Å². The largest absolute Gasteiger partial charge is 0.497 e. The van der Waals surface area contributed by atoms with Crippen molar-refractivity contribution < 1.29 is 22.7 Å². The molecule has 0 heterocycles. The maximum atomic E-state index is 13.4. The maximum absolute atomic E-state index is 13.4. The van der Waals surface area contributed by atoms with Gasteiger partial charge in [0.1, 0.15) is 11.5 Å². The van der Waals surface area contributed by atoms with E-state index in [4.69, 9.17) is 21.1 Å². The second kappa shape index (κ2) is 12.2. The van der Waals surface area contributed by atoms with Gasteiger partial charge in [-0.05, 0) is 48.0 Å². The summed E-state index contributed by atoms with van der Waals surface area (Å²) in [5.41, 5.74) is 3.54. The maximum Gasteiger partial charge on any atom is 0.255 e. The third-order valence-electron chi connectivity index (χ3n) is 4.91. The highest BCUT2D eigenvalue weighted by Crippen LogP contribution is 2.24. The van der Waals surface area contributed by atoms with Gasteiger partial charge in [0, 0.05) is 27.7 Å². The third kappa shape index (κ3) is 7.04. The molecule has 1 N–H and O–H groups in total. The lowest BCUT2D eigenvalue weighted by atomic mass is 10.2. The van der Waals surface area contributed by atoms with E-state index in [9.17, 15) is 13.2 Å². The van der Waals surface area contributed by atoms with Crippen molar-refractivity contribution in [1.82, 2.24) is 9.73 Å². The first-order valence-corrected chi connectivity index (χ1v) is 12.9. The number of rotatable bonds is 10. The van der Waals surface area contributed by atoms with Gasteiger partial charge in [-0.2, -0.15) is 9.41 Å². The molecule has 3 aromatic carbocycles. The summed E-state index contributed by atoms with van der Waals surface area (Å²) < 4.78 is 39.0. The fourth-order valence-corrected chi connectivity index (χ4v) is 4.93. The SMILES string of the molecule is COc1ccc(/C=N/NC(=O)CN(Cc2ccccc2Cl)S(=O)(=O)c2ccc(Br)cc2)c(OC)c1. The van der Waals surface area contributed by atoms with Crippen molar-refractivity contribution in [3.05, 3.63) is 87.4 Å². The number of hydrogen-bond donors (Lipinski definition) is 1. The number of methoxy groups -OCH3 is 2. The van der Waals surface area contributed by atoms with Crippen molar-refractivity contribution in [3.8, 4) is 11.5 Å². The van der Waals surface area contributed by atoms with Crippen molar-refractivity contribution in [2.24, 2.45) is 5.10 Å². The molecule has 0 aromatic heterocycles. The molecule has 0 aliphatic carbocycles. The monoisotopic (exact) mass is 579 g/mol. The lowest BCUT2D eigenvalue weighted by molar-refractivity contribution is -0.121. The molecule has 3 aromatic rings. The van der Waals surface area contributed by atoms with Crippen molar-refractivity contribution in [2.75, 3.05) is 20.8 Å². The summed E-state index contributed by atoms with van der Waals surface area (Å²) in [6.45, 7) is -0.567. The first-order valence-electron chi connectivity index (χ1n) is 10.3. The minimum Gasteiger partial charge on any atom is -0.497 e. The van der Waals surface area contributed by atoms with Gasteiger partial charge in [-0.25, -0.2) is 13.8 Å². The standard InChI is InChI=1S/C24H23BrClN3O5S/c1-33-20-10-7-17(23(13-20)34-2)14-27-28-24(30)16-29(15-18-5-3-4-6-22(18)26)35(31,32)21-11-8-19(25)9-12-21/h3-14H,15-16H2,1-2H3,(H,28,30)/b27-14+. The van der Waals surface area contributed by atoms with E-state index in [1.807, 2.05) is 0 Å². The molecule has 11 heteroatoms. The highest BCUT2D eigenvalue weighted by molar-refractivity contribution is 9.10. The van der Waals surface area contributed by atoms with Crippen molar-refractivity contribution in [2.45, 2.75) is 11.4 Å². The fraction of sp³-hybridized carbons (Fsp3) is 0.167. The van der Waals surface area contributed by atoms with Crippen LogP contribution in [0, 0.1) is 0 Å². The lowest BCUT2D eigenvalue weighted by Gasteiger charge is -2.22. The average Bonchev–Trinajstić information content (AvgIpc) is 2.85. The number of ether oxygens (including phenoxy) is 2. The summed E-state index contributed by atoms with van der Waals surface area (Å²) in [5.74, 6) is 0.485. The zero-order valence-corrected chi connectivity index (χ0v) is 22.1. The number of sulfonamides is 1. The minimum atomic E-state index is -4.02. The Labute approximate surface area is 217 Å². The molecular formula is C24H23BrClN3O5S. The van der Waals surface area contributed by atoms with Crippen LogP contribution in [-0.4, -0.2) is 45.6 Å². The van der Waals surface area contributed by atoms with Gasteiger partial charge >= 0.3 is 0 Å². The Morgan fingerprint density at radius 3 is 2.46 bits per heavy atom. The van der Waals surface area contributed by atoms with Crippen LogP contribution < -0.4 is 14.9 Å². The van der Waals surface area contributed by atoms with E-state index in [1.165, 1.54) is 25.5 Å². The molecule has 1 amide bonds. The number of hydrazone groups is 1. The average molecular weight is 581 g/mol. The van der Waals surface area contributed by atoms with Crippen LogP contribution in [0.3, 0.4) is 0 Å². The summed E-state index contributed by atoms with van der Waals surface area (Å²) >= 11 is 9.55. The first-order chi connectivity index (χ1) is 16.7. The Morgan fingerprint density at radius 2 is 1.80 bits per heavy atom. The molecule has 0 aliphatic rings. The lowest BCUT2D eigenvalue weighted by Crippen LogP contribution is -2.39. The molecular weight excluding hydrogens is 558 g/mol. The van der Waals surface area contributed by atoms with E-state index in [0.717, 1.165) is 8.78 Å². The van der Waals surface area contributed by atoms with Crippen LogP contribution in [0.1, 0.15) is 11.1 Å². The van der Waals surface area contributed by atoms with Crippen LogP contribution in [0.5, 0.6) is 11.5 Å². The predicted octanol–water partition coefficient (Wildman–Crippen LogP) is 4.46. The summed E-state index contributed by atoms with van der Waals surface area (Å²) in [7, 11) is -0.971. The predicted molar refractivity (Wildman–Crippen MR) is 138 cm³/mol. The van der Waals surface area contributed by atoms with E-state index in [-0.39, 0.29) is 11.4 Å². The minimum absolute atomic E-state index is 0.0482. The topological polar surface area (TPSA) is 97.3 Å². The molecule has 0 bridgehead atoms. The van der Waals surface area contributed by atoms with Crippen molar-refractivity contribution in [1.29, 1.82) is 0 Å². The molecule has 0 aliphatic heterocycles. The molecule has 35 heavy (non-hydrogen) atoms. The Bertz CT molecular complexity index is 1320. The summed E-state index contributed by atoms with van der Waals surface area (Å²) in [4.78, 5) is 12.7. The van der Waals surface area contributed by atoms with E-state index in [2.05, 4.69) is 26.5 Å². The second-order valence-corrected chi connectivity index (χ2v) is 10.5. The Kier molecular flexibility index (Phi) is 9.27. The van der Waals surface area contributed by atoms with Crippen LogP contribution >= 0.6 is 27.5 Å². The number of nitrogens with one attached hydrogen (secondary N) is 1. The second-order valence-electron chi connectivity index (χ2n) is 7.22. The molecule has 184 valence electrons. The molecule has 8 nitrogen and oxygen atoms in total. The quantitative estimate of drug-likeness (QED) is 0.282. The number of hydrogen-bond acceptors (Lipinski definition) is 6. The molecule has 3 rings (SSSR count). The first kappa shape index (κ1) is 26.7. The zero-order chi connectivity index (χ0) is 25.4. The van der Waals surface area contributed by atoms with Gasteiger partial charge in [0.05, 0.1) is 31.9 Å². The smallest absolute Gasteiger partial charge is 0.255 e. The van der Waals surface area contributed by atoms with Gasteiger partial charge in [-0.1, -0.05) is 45.7 Å². The van der Waals surface area contributed by atoms with E-state index in [1.54, 1.807) is 61.7 Å². The number of carbonyl (C=O) groups excluding carboxylic acids is 1.